The highest BCUT2D eigenvalue weighted by molar-refractivity contribution is 7.28. The number of aromatic amines is 1. The van der Waals surface area contributed by atoms with E-state index in [1.165, 1.54) is 13.2 Å². The lowest BCUT2D eigenvalue weighted by Crippen LogP contribution is -2.10. The molecular formula is C28H24FN6O2P. The van der Waals surface area contributed by atoms with Gasteiger partial charge < -0.3 is 20.1 Å². The zero-order valence-electron chi connectivity index (χ0n) is 20.7. The first-order valence-corrected chi connectivity index (χ1v) is 12.7. The number of phenolic OH excluding ortho intramolecular Hbond substituents is 1. The molecular weight excluding hydrogens is 502 g/mol. The van der Waals surface area contributed by atoms with Crippen LogP contribution in [0.3, 0.4) is 0 Å². The predicted molar refractivity (Wildman–Crippen MR) is 151 cm³/mol. The van der Waals surface area contributed by atoms with E-state index < -0.39 is 0 Å². The first-order valence-electron chi connectivity index (χ1n) is 12.1. The number of nitrogens with one attached hydrogen (secondary N) is 2. The maximum absolute atomic E-state index is 14.8. The standard InChI is InChI=1S/C28H24FN6O2P/c1-3-17-21(29)7-6-14-9-16(36)10-19(22(14)17)23-25(38)24-20(13-31-23)27(35-28(34-24)37-2)33-12-15-11-32-26-18(15)5-4-8-30-26/h4-11,13,36H,3,12,38H2,1-2H3,(H,30,32)(H,33,34,35). The summed E-state index contributed by atoms with van der Waals surface area (Å²) in [6.07, 6.45) is 5.85. The van der Waals surface area contributed by atoms with Crippen LogP contribution in [-0.4, -0.2) is 37.1 Å². The third-order valence-electron chi connectivity index (χ3n) is 6.69. The molecule has 4 aromatic heterocycles. The quantitative estimate of drug-likeness (QED) is 0.254. The maximum atomic E-state index is 14.8. The van der Waals surface area contributed by atoms with E-state index >= 15 is 0 Å². The number of aryl methyl sites for hydroxylation is 1. The first kappa shape index (κ1) is 24.0. The summed E-state index contributed by atoms with van der Waals surface area (Å²) in [5.74, 6) is 0.346. The Morgan fingerprint density at radius 3 is 2.82 bits per heavy atom. The molecule has 0 aliphatic heterocycles. The van der Waals surface area contributed by atoms with E-state index in [4.69, 9.17) is 9.72 Å². The van der Waals surface area contributed by atoms with Gasteiger partial charge in [-0.2, -0.15) is 9.97 Å². The first-order chi connectivity index (χ1) is 18.5. The maximum Gasteiger partial charge on any atom is 0.318 e. The number of rotatable bonds is 6. The molecule has 10 heteroatoms. The molecule has 6 rings (SSSR count). The van der Waals surface area contributed by atoms with Crippen molar-refractivity contribution in [1.29, 1.82) is 0 Å². The molecule has 8 nitrogen and oxygen atoms in total. The van der Waals surface area contributed by atoms with Crippen LogP contribution in [0.15, 0.2) is 55.0 Å². The molecule has 0 saturated heterocycles. The van der Waals surface area contributed by atoms with Gasteiger partial charge in [0.1, 0.15) is 23.0 Å². The van der Waals surface area contributed by atoms with Crippen LogP contribution in [0.1, 0.15) is 18.1 Å². The van der Waals surface area contributed by atoms with Crippen LogP contribution in [0.5, 0.6) is 11.8 Å². The van der Waals surface area contributed by atoms with Gasteiger partial charge in [-0.05, 0) is 58.7 Å². The van der Waals surface area contributed by atoms with E-state index in [-0.39, 0.29) is 17.6 Å². The number of anilines is 1. The van der Waals surface area contributed by atoms with Crippen molar-refractivity contribution in [2.24, 2.45) is 0 Å². The topological polar surface area (TPSA) is 109 Å². The lowest BCUT2D eigenvalue weighted by atomic mass is 9.94. The number of aromatic nitrogens is 5. The Balaban J connectivity index is 1.50. The highest BCUT2D eigenvalue weighted by Gasteiger charge is 2.20. The minimum atomic E-state index is -0.291. The summed E-state index contributed by atoms with van der Waals surface area (Å²) in [5, 5.41) is 17.7. The summed E-state index contributed by atoms with van der Waals surface area (Å²) >= 11 is 0. The van der Waals surface area contributed by atoms with Gasteiger partial charge in [0.25, 0.3) is 0 Å². The minimum absolute atomic E-state index is 0.0725. The second-order valence-electron chi connectivity index (χ2n) is 8.88. The average Bonchev–Trinajstić information content (AvgIpc) is 3.35. The number of nitrogens with zero attached hydrogens (tertiary/aromatic N) is 4. The fraction of sp³-hybridized carbons (Fsp3) is 0.143. The highest BCUT2D eigenvalue weighted by Crippen LogP contribution is 2.37. The number of fused-ring (bicyclic) bond motifs is 3. The van der Waals surface area contributed by atoms with Crippen LogP contribution in [0.2, 0.25) is 0 Å². The number of hydrogen-bond acceptors (Lipinski definition) is 7. The fourth-order valence-electron chi connectivity index (χ4n) is 4.90. The molecule has 1 atom stereocenters. The molecule has 190 valence electrons. The van der Waals surface area contributed by atoms with Gasteiger partial charge in [-0.3, -0.25) is 4.98 Å². The monoisotopic (exact) mass is 526 g/mol. The summed E-state index contributed by atoms with van der Waals surface area (Å²) in [6.45, 7) is 2.40. The number of halogens is 1. The van der Waals surface area contributed by atoms with Crippen molar-refractivity contribution in [3.05, 3.63) is 71.9 Å². The average molecular weight is 527 g/mol. The molecule has 4 heterocycles. The Kier molecular flexibility index (Phi) is 6.00. The number of ether oxygens (including phenoxy) is 1. The summed E-state index contributed by atoms with van der Waals surface area (Å²) in [7, 11) is 4.21. The number of methoxy groups -OCH3 is 1. The molecule has 0 radical (unpaired) electrons. The van der Waals surface area contributed by atoms with Crippen LogP contribution in [-0.2, 0) is 13.0 Å². The summed E-state index contributed by atoms with van der Waals surface area (Å²) in [4.78, 5) is 21.4. The molecule has 0 amide bonds. The largest absolute Gasteiger partial charge is 0.508 e. The molecule has 0 aliphatic rings. The normalized spacial score (nSPS) is 11.5. The summed E-state index contributed by atoms with van der Waals surface area (Å²) in [6, 6.07) is 10.5. The molecule has 2 aromatic carbocycles. The van der Waals surface area contributed by atoms with E-state index in [1.807, 2.05) is 25.3 Å². The summed E-state index contributed by atoms with van der Waals surface area (Å²) < 4.78 is 20.2. The molecule has 1 unspecified atom stereocenters. The van der Waals surface area contributed by atoms with Crippen molar-refractivity contribution in [2.75, 3.05) is 12.4 Å². The predicted octanol–water partition coefficient (Wildman–Crippen LogP) is 5.25. The molecule has 3 N–H and O–H groups in total. The number of aromatic hydroxyl groups is 1. The zero-order valence-corrected chi connectivity index (χ0v) is 21.9. The molecule has 6 aromatic rings. The van der Waals surface area contributed by atoms with Crippen molar-refractivity contribution in [3.63, 3.8) is 0 Å². The minimum Gasteiger partial charge on any atom is -0.508 e. The summed E-state index contributed by atoms with van der Waals surface area (Å²) in [5.41, 5.74) is 4.23. The Morgan fingerprint density at radius 1 is 1.13 bits per heavy atom. The number of pyridine rings is 2. The molecule has 0 spiro atoms. The second kappa shape index (κ2) is 9.50. The lowest BCUT2D eigenvalue weighted by Gasteiger charge is -2.16. The van der Waals surface area contributed by atoms with Crippen molar-refractivity contribution >= 4 is 53.1 Å². The zero-order chi connectivity index (χ0) is 26.4. The van der Waals surface area contributed by atoms with Crippen molar-refractivity contribution in [3.8, 4) is 23.0 Å². The molecule has 38 heavy (non-hydrogen) atoms. The van der Waals surface area contributed by atoms with Gasteiger partial charge in [-0.15, -0.1) is 9.24 Å². The van der Waals surface area contributed by atoms with Gasteiger partial charge >= 0.3 is 6.01 Å². The van der Waals surface area contributed by atoms with E-state index in [0.717, 1.165) is 22.0 Å². The number of H-pyrrole nitrogens is 1. The Labute approximate surface area is 219 Å². The molecule has 0 fully saturated rings. The van der Waals surface area contributed by atoms with Gasteiger partial charge in [-0.1, -0.05) is 13.0 Å². The lowest BCUT2D eigenvalue weighted by molar-refractivity contribution is 0.382. The Hall–Kier alpha value is -4.36. The number of benzene rings is 2. The SMILES string of the molecule is CCc1c(F)ccc2cc(O)cc(-c3ncc4c(NCc5c[nH]c6ncccc56)nc(OC)nc4c3P)c12. The molecule has 0 aliphatic carbocycles. The van der Waals surface area contributed by atoms with Crippen molar-refractivity contribution in [1.82, 2.24) is 24.9 Å². The number of phenols is 1. The Morgan fingerprint density at radius 2 is 2.00 bits per heavy atom. The smallest absolute Gasteiger partial charge is 0.318 e. The second-order valence-corrected chi connectivity index (χ2v) is 9.46. The van der Waals surface area contributed by atoms with Gasteiger partial charge in [0.15, 0.2) is 0 Å². The van der Waals surface area contributed by atoms with Crippen molar-refractivity contribution < 1.29 is 14.2 Å². The number of hydrogen-bond donors (Lipinski definition) is 3. The van der Waals surface area contributed by atoms with Gasteiger partial charge in [0.05, 0.1) is 23.7 Å². The molecule has 0 bridgehead atoms. The van der Waals surface area contributed by atoms with Crippen LogP contribution >= 0.6 is 9.24 Å². The van der Waals surface area contributed by atoms with Gasteiger partial charge in [0.2, 0.25) is 0 Å². The van der Waals surface area contributed by atoms with E-state index in [1.54, 1.807) is 30.6 Å². The van der Waals surface area contributed by atoms with E-state index in [0.29, 0.717) is 57.2 Å². The highest BCUT2D eigenvalue weighted by atomic mass is 31.0. The van der Waals surface area contributed by atoms with Crippen molar-refractivity contribution in [2.45, 2.75) is 19.9 Å². The fourth-order valence-corrected chi connectivity index (χ4v) is 5.35. The third kappa shape index (κ3) is 3.96. The van der Waals surface area contributed by atoms with Crippen LogP contribution in [0.4, 0.5) is 10.2 Å². The van der Waals surface area contributed by atoms with Gasteiger partial charge in [0, 0.05) is 41.4 Å². The van der Waals surface area contributed by atoms with E-state index in [2.05, 4.69) is 34.5 Å². The van der Waals surface area contributed by atoms with Crippen LogP contribution in [0.25, 0.3) is 44.0 Å². The third-order valence-corrected chi connectivity index (χ3v) is 7.23. The van der Waals surface area contributed by atoms with Crippen LogP contribution in [0, 0.1) is 5.82 Å². The molecule has 0 saturated carbocycles. The van der Waals surface area contributed by atoms with Gasteiger partial charge in [-0.25, -0.2) is 9.37 Å². The van der Waals surface area contributed by atoms with E-state index in [9.17, 15) is 9.50 Å². The Bertz CT molecular complexity index is 1860. The van der Waals surface area contributed by atoms with Crippen LogP contribution < -0.4 is 15.4 Å².